The molecule has 12 heavy (non-hydrogen) atoms. The van der Waals surface area contributed by atoms with Gasteiger partial charge in [0.25, 0.3) is 0 Å². The Morgan fingerprint density at radius 1 is 1.08 bits per heavy atom. The van der Waals surface area contributed by atoms with E-state index in [0.717, 1.165) is 11.3 Å². The second-order valence-electron chi connectivity index (χ2n) is 3.81. The van der Waals surface area contributed by atoms with E-state index in [0.29, 0.717) is 0 Å². The third-order valence-corrected chi connectivity index (χ3v) is 4.87. The van der Waals surface area contributed by atoms with Gasteiger partial charge in [0.2, 0.25) is 0 Å². The Hall–Kier alpha value is 0.170. The van der Waals surface area contributed by atoms with E-state index in [1.165, 1.54) is 12.8 Å². The SMILES string of the molecule is CCCC=CP(C(C)C)C(C)C. The summed E-state index contributed by atoms with van der Waals surface area (Å²) in [7, 11) is 0.129. The molecule has 0 nitrogen and oxygen atoms in total. The van der Waals surface area contributed by atoms with E-state index in [9.17, 15) is 0 Å². The van der Waals surface area contributed by atoms with E-state index in [1.807, 2.05) is 0 Å². The highest BCUT2D eigenvalue weighted by molar-refractivity contribution is 7.62. The van der Waals surface area contributed by atoms with E-state index in [2.05, 4.69) is 46.5 Å². The van der Waals surface area contributed by atoms with Crippen LogP contribution in [-0.2, 0) is 0 Å². The van der Waals surface area contributed by atoms with Crippen LogP contribution in [0.15, 0.2) is 11.9 Å². The summed E-state index contributed by atoms with van der Waals surface area (Å²) >= 11 is 0. The van der Waals surface area contributed by atoms with Crippen LogP contribution in [0.2, 0.25) is 0 Å². The number of allylic oxidation sites excluding steroid dienone is 1. The lowest BCUT2D eigenvalue weighted by atomic mass is 10.3. The van der Waals surface area contributed by atoms with Gasteiger partial charge >= 0.3 is 0 Å². The van der Waals surface area contributed by atoms with Crippen LogP contribution in [0.3, 0.4) is 0 Å². The Balaban J connectivity index is 3.95. The first-order valence-electron chi connectivity index (χ1n) is 5.03. The second kappa shape index (κ2) is 6.66. The fraction of sp³-hybridized carbons (Fsp3) is 0.818. The number of unbranched alkanes of at least 4 members (excludes halogenated alkanes) is 1. The lowest BCUT2D eigenvalue weighted by Crippen LogP contribution is -2.00. The van der Waals surface area contributed by atoms with Gasteiger partial charge in [-0.15, -0.1) is 0 Å². The molecule has 0 aliphatic carbocycles. The summed E-state index contributed by atoms with van der Waals surface area (Å²) in [6.07, 6.45) is 4.89. The van der Waals surface area contributed by atoms with Gasteiger partial charge in [0.05, 0.1) is 0 Å². The molecule has 0 spiro atoms. The smallest absolute Gasteiger partial charge is 0.0229 e. The van der Waals surface area contributed by atoms with Crippen molar-refractivity contribution in [2.24, 2.45) is 0 Å². The topological polar surface area (TPSA) is 0 Å². The van der Waals surface area contributed by atoms with Crippen LogP contribution >= 0.6 is 7.92 Å². The average Bonchev–Trinajstić information content (AvgIpc) is 1.96. The molecular formula is C11H23P. The van der Waals surface area contributed by atoms with Crippen LogP contribution in [0.1, 0.15) is 47.5 Å². The molecule has 0 amide bonds. The van der Waals surface area contributed by atoms with Crippen LogP contribution in [0.25, 0.3) is 0 Å². The lowest BCUT2D eigenvalue weighted by Gasteiger charge is -2.21. The van der Waals surface area contributed by atoms with Gasteiger partial charge in [0, 0.05) is 0 Å². The predicted octanol–water partition coefficient (Wildman–Crippen LogP) is 4.60. The highest BCUT2D eigenvalue weighted by Gasteiger charge is 2.12. The van der Waals surface area contributed by atoms with Crippen LogP contribution in [0.4, 0.5) is 0 Å². The van der Waals surface area contributed by atoms with Crippen molar-refractivity contribution in [3.05, 3.63) is 11.9 Å². The summed E-state index contributed by atoms with van der Waals surface area (Å²) in [6.45, 7) is 11.6. The largest absolute Gasteiger partial charge is 0.0840 e. The Labute approximate surface area is 79.2 Å². The molecule has 0 radical (unpaired) electrons. The van der Waals surface area contributed by atoms with Crippen molar-refractivity contribution < 1.29 is 0 Å². The molecular weight excluding hydrogens is 163 g/mol. The summed E-state index contributed by atoms with van der Waals surface area (Å²) in [5.74, 6) is 2.47. The van der Waals surface area contributed by atoms with E-state index in [1.54, 1.807) is 0 Å². The molecule has 0 bridgehead atoms. The molecule has 1 heteroatoms. The summed E-state index contributed by atoms with van der Waals surface area (Å²) in [6, 6.07) is 0. The highest BCUT2D eigenvalue weighted by atomic mass is 31.1. The Kier molecular flexibility index (Phi) is 6.76. The fourth-order valence-corrected chi connectivity index (χ4v) is 3.58. The lowest BCUT2D eigenvalue weighted by molar-refractivity contribution is 0.958. The molecule has 72 valence electrons. The minimum Gasteiger partial charge on any atom is -0.0840 e. The molecule has 0 rings (SSSR count). The first-order valence-corrected chi connectivity index (χ1v) is 6.58. The molecule has 0 atom stereocenters. The van der Waals surface area contributed by atoms with Crippen LogP contribution in [0.5, 0.6) is 0 Å². The van der Waals surface area contributed by atoms with Crippen LogP contribution in [-0.4, -0.2) is 11.3 Å². The molecule has 0 aliphatic heterocycles. The first kappa shape index (κ1) is 12.2. The van der Waals surface area contributed by atoms with Crippen molar-refractivity contribution in [3.8, 4) is 0 Å². The second-order valence-corrected chi connectivity index (χ2v) is 7.07. The molecule has 0 aliphatic rings. The van der Waals surface area contributed by atoms with Gasteiger partial charge in [-0.25, -0.2) is 0 Å². The zero-order valence-electron chi connectivity index (χ0n) is 9.17. The van der Waals surface area contributed by atoms with Gasteiger partial charge in [-0.3, -0.25) is 0 Å². The Morgan fingerprint density at radius 2 is 1.58 bits per heavy atom. The first-order chi connectivity index (χ1) is 5.59. The van der Waals surface area contributed by atoms with Crippen molar-refractivity contribution in [1.82, 2.24) is 0 Å². The highest BCUT2D eigenvalue weighted by Crippen LogP contribution is 2.47. The van der Waals surface area contributed by atoms with Crippen molar-refractivity contribution in [3.63, 3.8) is 0 Å². The quantitative estimate of drug-likeness (QED) is 0.550. The third kappa shape index (κ3) is 4.93. The molecule has 0 aromatic heterocycles. The average molecular weight is 186 g/mol. The molecule has 0 saturated heterocycles. The van der Waals surface area contributed by atoms with Gasteiger partial charge in [-0.1, -0.05) is 60.9 Å². The summed E-state index contributed by atoms with van der Waals surface area (Å²) in [4.78, 5) is 0. The number of hydrogen-bond donors (Lipinski definition) is 0. The molecule has 0 saturated carbocycles. The van der Waals surface area contributed by atoms with Gasteiger partial charge in [-0.05, 0) is 17.7 Å². The van der Waals surface area contributed by atoms with E-state index in [4.69, 9.17) is 0 Å². The molecule has 0 unspecified atom stereocenters. The Morgan fingerprint density at radius 3 is 1.92 bits per heavy atom. The van der Waals surface area contributed by atoms with Crippen molar-refractivity contribution >= 4 is 7.92 Å². The fourth-order valence-electron chi connectivity index (χ4n) is 1.30. The van der Waals surface area contributed by atoms with Crippen molar-refractivity contribution in [2.45, 2.75) is 58.8 Å². The molecule has 0 fully saturated rings. The van der Waals surface area contributed by atoms with Gasteiger partial charge < -0.3 is 0 Å². The van der Waals surface area contributed by atoms with E-state index >= 15 is 0 Å². The molecule has 0 heterocycles. The number of hydrogen-bond acceptors (Lipinski definition) is 0. The maximum Gasteiger partial charge on any atom is -0.0229 e. The third-order valence-electron chi connectivity index (χ3n) is 1.93. The van der Waals surface area contributed by atoms with Crippen LogP contribution < -0.4 is 0 Å². The van der Waals surface area contributed by atoms with Crippen molar-refractivity contribution in [1.29, 1.82) is 0 Å². The normalized spacial score (nSPS) is 12.7. The minimum atomic E-state index is 0.129. The number of rotatable bonds is 5. The van der Waals surface area contributed by atoms with Gasteiger partial charge in [0.15, 0.2) is 0 Å². The van der Waals surface area contributed by atoms with E-state index < -0.39 is 0 Å². The van der Waals surface area contributed by atoms with E-state index in [-0.39, 0.29) is 7.92 Å². The molecule has 0 aromatic rings. The summed E-state index contributed by atoms with van der Waals surface area (Å²) in [5.41, 5.74) is 1.68. The maximum absolute atomic E-state index is 2.47. The van der Waals surface area contributed by atoms with Crippen molar-refractivity contribution in [2.75, 3.05) is 0 Å². The molecule has 0 N–H and O–H groups in total. The summed E-state index contributed by atoms with van der Waals surface area (Å²) < 4.78 is 0. The van der Waals surface area contributed by atoms with Crippen LogP contribution in [0, 0.1) is 0 Å². The standard InChI is InChI=1S/C11H23P/c1-6-7-8-9-12(10(2)3)11(4)5/h8-11H,6-7H2,1-5H3. The zero-order chi connectivity index (χ0) is 9.56. The van der Waals surface area contributed by atoms with Gasteiger partial charge in [0.1, 0.15) is 0 Å². The predicted molar refractivity (Wildman–Crippen MR) is 61.2 cm³/mol. The maximum atomic E-state index is 2.47. The minimum absolute atomic E-state index is 0.129. The Bertz CT molecular complexity index is 117. The molecule has 0 aromatic carbocycles. The van der Waals surface area contributed by atoms with Gasteiger partial charge in [-0.2, -0.15) is 0 Å². The monoisotopic (exact) mass is 186 g/mol. The zero-order valence-corrected chi connectivity index (χ0v) is 10.1. The summed E-state index contributed by atoms with van der Waals surface area (Å²) in [5, 5.41) is 0.